The van der Waals surface area contributed by atoms with Crippen molar-refractivity contribution < 1.29 is 22.7 Å². The minimum atomic E-state index is -4.49. The highest BCUT2D eigenvalue weighted by molar-refractivity contribution is 5.82. The first-order valence-electron chi connectivity index (χ1n) is 4.67. The van der Waals surface area contributed by atoms with Gasteiger partial charge in [0.05, 0.1) is 18.9 Å². The van der Waals surface area contributed by atoms with Crippen molar-refractivity contribution in [1.82, 2.24) is 5.43 Å². The van der Waals surface area contributed by atoms with Gasteiger partial charge in [-0.25, -0.2) is 10.2 Å². The molecule has 2 amide bonds. The second-order valence-electron chi connectivity index (χ2n) is 3.23. The second kappa shape index (κ2) is 5.39. The van der Waals surface area contributed by atoms with Gasteiger partial charge in [0.25, 0.3) is 0 Å². The number of methoxy groups -OCH3 is 1. The number of alkyl halides is 3. The van der Waals surface area contributed by atoms with Gasteiger partial charge in [0.2, 0.25) is 0 Å². The van der Waals surface area contributed by atoms with E-state index in [1.54, 1.807) is 0 Å². The molecule has 0 radical (unpaired) electrons. The van der Waals surface area contributed by atoms with Crippen LogP contribution in [-0.4, -0.2) is 19.4 Å². The maximum atomic E-state index is 12.5. The van der Waals surface area contributed by atoms with E-state index in [0.717, 1.165) is 18.3 Å². The van der Waals surface area contributed by atoms with E-state index in [4.69, 9.17) is 10.5 Å². The van der Waals surface area contributed by atoms with Gasteiger partial charge in [-0.05, 0) is 23.8 Å². The third-order valence-electron chi connectivity index (χ3n) is 1.88. The molecule has 1 rings (SSSR count). The molecule has 0 atom stereocenters. The van der Waals surface area contributed by atoms with Gasteiger partial charge in [0, 0.05) is 0 Å². The first-order valence-corrected chi connectivity index (χ1v) is 4.67. The first-order chi connectivity index (χ1) is 8.32. The summed E-state index contributed by atoms with van der Waals surface area (Å²) in [6, 6.07) is 2.15. The lowest BCUT2D eigenvalue weighted by Gasteiger charge is -2.09. The standard InChI is InChI=1S/C10H10F3N3O2/c1-18-8-3-6(5-15-16-9(14)17)2-7(4-8)10(11,12)13/h2-5H,1H3,(H3,14,16,17). The lowest BCUT2D eigenvalue weighted by Crippen LogP contribution is -2.24. The Kier molecular flexibility index (Phi) is 4.13. The average molecular weight is 261 g/mol. The van der Waals surface area contributed by atoms with Gasteiger partial charge in [-0.15, -0.1) is 0 Å². The molecule has 0 saturated carbocycles. The Morgan fingerprint density at radius 3 is 2.61 bits per heavy atom. The fourth-order valence-electron chi connectivity index (χ4n) is 1.15. The maximum absolute atomic E-state index is 12.5. The van der Waals surface area contributed by atoms with Gasteiger partial charge in [0.15, 0.2) is 0 Å². The van der Waals surface area contributed by atoms with E-state index in [1.165, 1.54) is 13.2 Å². The summed E-state index contributed by atoms with van der Waals surface area (Å²) >= 11 is 0. The third-order valence-corrected chi connectivity index (χ3v) is 1.88. The number of nitrogens with zero attached hydrogens (tertiary/aromatic N) is 1. The molecule has 3 N–H and O–H groups in total. The number of hydrazone groups is 1. The molecular formula is C10H10F3N3O2. The summed E-state index contributed by atoms with van der Waals surface area (Å²) in [6.45, 7) is 0. The van der Waals surface area contributed by atoms with Crippen molar-refractivity contribution in [2.75, 3.05) is 7.11 Å². The number of hydrogen-bond acceptors (Lipinski definition) is 3. The zero-order chi connectivity index (χ0) is 13.8. The van der Waals surface area contributed by atoms with Gasteiger partial charge >= 0.3 is 12.2 Å². The van der Waals surface area contributed by atoms with Crippen molar-refractivity contribution in [3.8, 4) is 5.75 Å². The maximum Gasteiger partial charge on any atom is 0.416 e. The molecule has 8 heteroatoms. The lowest BCUT2D eigenvalue weighted by atomic mass is 10.1. The van der Waals surface area contributed by atoms with Gasteiger partial charge in [-0.2, -0.15) is 18.3 Å². The number of halogens is 3. The Morgan fingerprint density at radius 2 is 2.11 bits per heavy atom. The van der Waals surface area contributed by atoms with Crippen LogP contribution in [0.3, 0.4) is 0 Å². The molecule has 0 fully saturated rings. The molecule has 0 bridgehead atoms. The molecule has 0 aliphatic heterocycles. The van der Waals surface area contributed by atoms with E-state index in [2.05, 4.69) is 5.10 Å². The van der Waals surface area contributed by atoms with Crippen LogP contribution in [0.15, 0.2) is 23.3 Å². The molecule has 98 valence electrons. The lowest BCUT2D eigenvalue weighted by molar-refractivity contribution is -0.137. The van der Waals surface area contributed by atoms with E-state index in [1.807, 2.05) is 5.43 Å². The molecule has 0 unspecified atom stereocenters. The molecule has 0 aliphatic carbocycles. The van der Waals surface area contributed by atoms with E-state index < -0.39 is 17.8 Å². The number of rotatable bonds is 3. The average Bonchev–Trinajstić information content (AvgIpc) is 2.27. The van der Waals surface area contributed by atoms with Crippen molar-refractivity contribution in [3.63, 3.8) is 0 Å². The van der Waals surface area contributed by atoms with E-state index in [9.17, 15) is 18.0 Å². The van der Waals surface area contributed by atoms with Crippen LogP contribution < -0.4 is 15.9 Å². The molecule has 5 nitrogen and oxygen atoms in total. The first kappa shape index (κ1) is 13.8. The SMILES string of the molecule is COc1cc(C=NNC(N)=O)cc(C(F)(F)F)c1. The minimum absolute atomic E-state index is 0.0327. The molecule has 1 aromatic carbocycles. The number of nitrogens with two attached hydrogens (primary N) is 1. The number of urea groups is 1. The predicted molar refractivity (Wildman–Crippen MR) is 58.3 cm³/mol. The molecular weight excluding hydrogens is 251 g/mol. The number of amides is 2. The van der Waals surface area contributed by atoms with Gasteiger partial charge in [-0.1, -0.05) is 0 Å². The van der Waals surface area contributed by atoms with Gasteiger partial charge in [0.1, 0.15) is 5.75 Å². The van der Waals surface area contributed by atoms with Gasteiger partial charge in [-0.3, -0.25) is 0 Å². The third kappa shape index (κ3) is 3.96. The van der Waals surface area contributed by atoms with Crippen LogP contribution in [0.2, 0.25) is 0 Å². The van der Waals surface area contributed by atoms with E-state index in [0.29, 0.717) is 0 Å². The highest BCUT2D eigenvalue weighted by Crippen LogP contribution is 2.32. The number of ether oxygens (including phenoxy) is 1. The predicted octanol–water partition coefficient (Wildman–Crippen LogP) is 1.72. The summed E-state index contributed by atoms with van der Waals surface area (Å²) < 4.78 is 42.4. The molecule has 0 aromatic heterocycles. The van der Waals surface area contributed by atoms with Crippen LogP contribution in [0.25, 0.3) is 0 Å². The monoisotopic (exact) mass is 261 g/mol. The number of carbonyl (C=O) groups excluding carboxylic acids is 1. The number of carbonyl (C=O) groups is 1. The van der Waals surface area contributed by atoms with Crippen molar-refractivity contribution in [2.24, 2.45) is 10.8 Å². The van der Waals surface area contributed by atoms with Crippen LogP contribution in [0.1, 0.15) is 11.1 Å². The van der Waals surface area contributed by atoms with Crippen molar-refractivity contribution in [1.29, 1.82) is 0 Å². The number of nitrogens with one attached hydrogen (secondary N) is 1. The molecule has 18 heavy (non-hydrogen) atoms. The fourth-order valence-corrected chi connectivity index (χ4v) is 1.15. The summed E-state index contributed by atoms with van der Waals surface area (Å²) in [7, 11) is 1.25. The highest BCUT2D eigenvalue weighted by Gasteiger charge is 2.31. The van der Waals surface area contributed by atoms with Crippen LogP contribution in [0.5, 0.6) is 5.75 Å². The topological polar surface area (TPSA) is 76.7 Å². The summed E-state index contributed by atoms with van der Waals surface area (Å²) in [4.78, 5) is 10.3. The summed E-state index contributed by atoms with van der Waals surface area (Å²) in [5.74, 6) is 0.0327. The number of hydrogen-bond donors (Lipinski definition) is 2. The molecule has 0 saturated heterocycles. The second-order valence-corrected chi connectivity index (χ2v) is 3.23. The Hall–Kier alpha value is -2.25. The Labute approximate surface area is 100 Å². The summed E-state index contributed by atoms with van der Waals surface area (Å²) in [5, 5.41) is 3.37. The van der Waals surface area contributed by atoms with Crippen LogP contribution in [0, 0.1) is 0 Å². The Morgan fingerprint density at radius 1 is 1.44 bits per heavy atom. The quantitative estimate of drug-likeness (QED) is 0.642. The molecule has 0 heterocycles. The van der Waals surface area contributed by atoms with Crippen LogP contribution in [-0.2, 0) is 6.18 Å². The van der Waals surface area contributed by atoms with E-state index in [-0.39, 0.29) is 11.3 Å². The Balaban J connectivity index is 3.05. The smallest absolute Gasteiger partial charge is 0.416 e. The van der Waals surface area contributed by atoms with E-state index >= 15 is 0 Å². The molecule has 0 aliphatic rings. The normalized spacial score (nSPS) is 11.6. The number of benzene rings is 1. The van der Waals surface area contributed by atoms with Crippen molar-refractivity contribution >= 4 is 12.2 Å². The van der Waals surface area contributed by atoms with Crippen molar-refractivity contribution in [2.45, 2.75) is 6.18 Å². The Bertz CT molecular complexity index is 472. The van der Waals surface area contributed by atoms with Crippen LogP contribution in [0.4, 0.5) is 18.0 Å². The van der Waals surface area contributed by atoms with Gasteiger partial charge < -0.3 is 10.5 Å². The van der Waals surface area contributed by atoms with Crippen molar-refractivity contribution in [3.05, 3.63) is 29.3 Å². The zero-order valence-corrected chi connectivity index (χ0v) is 9.28. The molecule has 0 spiro atoms. The summed E-state index contributed by atoms with van der Waals surface area (Å²) in [5.41, 5.74) is 5.87. The highest BCUT2D eigenvalue weighted by atomic mass is 19.4. The minimum Gasteiger partial charge on any atom is -0.497 e. The molecule has 1 aromatic rings. The largest absolute Gasteiger partial charge is 0.497 e. The number of primary amides is 1. The van der Waals surface area contributed by atoms with Crippen LogP contribution >= 0.6 is 0 Å². The summed E-state index contributed by atoms with van der Waals surface area (Å²) in [6.07, 6.45) is -3.46. The fraction of sp³-hybridized carbons (Fsp3) is 0.200. The zero-order valence-electron chi connectivity index (χ0n) is 9.28.